The lowest BCUT2D eigenvalue weighted by Gasteiger charge is -2.57. The van der Waals surface area contributed by atoms with Gasteiger partial charge in [0.15, 0.2) is 0 Å². The predicted octanol–water partition coefficient (Wildman–Crippen LogP) is 4.19. The SMILES string of the molecule is CNC(=O)c1csc2c(C(F)(F)F)cc(OC3CC4(C3)CN(C(=O)OCCOC(F)(F)F)C4)nc12. The Bertz CT molecular complexity index is 1120. The lowest BCUT2D eigenvalue weighted by atomic mass is 9.62. The second-order valence-corrected chi connectivity index (χ2v) is 9.20. The summed E-state index contributed by atoms with van der Waals surface area (Å²) in [6.45, 7) is -0.786. The van der Waals surface area contributed by atoms with Gasteiger partial charge in [-0.2, -0.15) is 13.2 Å². The molecule has 1 aliphatic carbocycles. The number of nitrogens with one attached hydrogen (secondary N) is 1. The summed E-state index contributed by atoms with van der Waals surface area (Å²) in [5, 5.41) is 3.68. The molecule has 0 atom stereocenters. The highest BCUT2D eigenvalue weighted by Crippen LogP contribution is 2.50. The summed E-state index contributed by atoms with van der Waals surface area (Å²) in [5.74, 6) is -0.823. The van der Waals surface area contributed by atoms with E-state index in [1.807, 2.05) is 0 Å². The van der Waals surface area contributed by atoms with Gasteiger partial charge in [0.1, 0.15) is 12.7 Å². The Balaban J connectivity index is 1.34. The molecule has 3 heterocycles. The Morgan fingerprint density at radius 1 is 1.20 bits per heavy atom. The molecule has 1 N–H and O–H groups in total. The Morgan fingerprint density at radius 3 is 2.49 bits per heavy atom. The second kappa shape index (κ2) is 9.00. The third-order valence-corrected chi connectivity index (χ3v) is 6.77. The number of fused-ring (bicyclic) bond motifs is 1. The van der Waals surface area contributed by atoms with Crippen LogP contribution in [-0.2, 0) is 15.7 Å². The van der Waals surface area contributed by atoms with Crippen molar-refractivity contribution < 1.29 is 50.1 Å². The van der Waals surface area contributed by atoms with Gasteiger partial charge in [-0.05, 0) is 12.8 Å². The van der Waals surface area contributed by atoms with Gasteiger partial charge in [-0.25, -0.2) is 9.78 Å². The fraction of sp³-hybridized carbons (Fsp3) is 0.550. The number of hydrogen-bond acceptors (Lipinski definition) is 7. The van der Waals surface area contributed by atoms with Crippen LogP contribution in [0.1, 0.15) is 28.8 Å². The van der Waals surface area contributed by atoms with E-state index in [0.29, 0.717) is 12.8 Å². The van der Waals surface area contributed by atoms with Crippen LogP contribution in [0, 0.1) is 5.41 Å². The molecule has 0 aromatic carbocycles. The highest BCUT2D eigenvalue weighted by Gasteiger charge is 2.55. The van der Waals surface area contributed by atoms with Crippen LogP contribution < -0.4 is 10.1 Å². The summed E-state index contributed by atoms with van der Waals surface area (Å²) >= 11 is 0.770. The van der Waals surface area contributed by atoms with Gasteiger partial charge in [0.05, 0.1) is 28.0 Å². The van der Waals surface area contributed by atoms with Gasteiger partial charge in [-0.1, -0.05) is 0 Å². The summed E-state index contributed by atoms with van der Waals surface area (Å²) < 4.78 is 90.3. The van der Waals surface area contributed by atoms with Crippen LogP contribution in [0.5, 0.6) is 5.88 Å². The van der Waals surface area contributed by atoms with Crippen molar-refractivity contribution in [2.24, 2.45) is 5.41 Å². The van der Waals surface area contributed by atoms with E-state index in [0.717, 1.165) is 17.4 Å². The van der Waals surface area contributed by atoms with Gasteiger partial charge in [0.2, 0.25) is 5.88 Å². The van der Waals surface area contributed by atoms with Gasteiger partial charge in [-0.15, -0.1) is 24.5 Å². The van der Waals surface area contributed by atoms with Crippen LogP contribution in [0.4, 0.5) is 31.1 Å². The molecule has 15 heteroatoms. The number of thiophene rings is 1. The standard InChI is InChI=1S/C20H19F6N3O5S/c1-27-16(30)11-7-35-15-12(19(21,22)23)4-13(28-14(11)15)34-10-5-18(6-10)8-29(9-18)17(31)32-2-3-33-20(24,25)26/h4,7,10H,2-3,5-6,8-9H2,1H3,(H,27,30). The number of amides is 2. The first kappa shape index (κ1) is 25.3. The molecule has 2 fully saturated rings. The molecule has 0 radical (unpaired) electrons. The lowest BCUT2D eigenvalue weighted by molar-refractivity contribution is -0.326. The van der Waals surface area contributed by atoms with Crippen LogP contribution in [0.15, 0.2) is 11.4 Å². The highest BCUT2D eigenvalue weighted by molar-refractivity contribution is 7.17. The van der Waals surface area contributed by atoms with Crippen LogP contribution in [0.25, 0.3) is 10.2 Å². The number of nitrogens with zero attached hydrogens (tertiary/aromatic N) is 2. The minimum absolute atomic E-state index is 0.0160. The van der Waals surface area contributed by atoms with Gasteiger partial charge < -0.3 is 19.7 Å². The fourth-order valence-electron chi connectivity index (χ4n) is 4.24. The Morgan fingerprint density at radius 2 is 1.89 bits per heavy atom. The molecule has 4 rings (SSSR count). The lowest BCUT2D eigenvalue weighted by Crippen LogP contribution is -2.66. The maximum atomic E-state index is 13.6. The highest BCUT2D eigenvalue weighted by atomic mass is 32.1. The second-order valence-electron chi connectivity index (χ2n) is 8.32. The fourth-order valence-corrected chi connectivity index (χ4v) is 5.26. The van der Waals surface area contributed by atoms with Crippen LogP contribution in [-0.4, -0.2) is 67.7 Å². The van der Waals surface area contributed by atoms with E-state index in [1.165, 1.54) is 17.3 Å². The molecular formula is C20H19F6N3O5S. The summed E-state index contributed by atoms with van der Waals surface area (Å²) in [5.41, 5.74) is -1.32. The smallest absolute Gasteiger partial charge is 0.474 e. The van der Waals surface area contributed by atoms with Gasteiger partial charge >= 0.3 is 18.6 Å². The minimum atomic E-state index is -4.80. The first-order valence-corrected chi connectivity index (χ1v) is 11.2. The van der Waals surface area contributed by atoms with Gasteiger partial charge in [0.25, 0.3) is 5.91 Å². The molecule has 0 unspecified atom stereocenters. The molecule has 2 aromatic heterocycles. The molecule has 1 aliphatic heterocycles. The summed E-state index contributed by atoms with van der Waals surface area (Å²) in [7, 11) is 1.36. The van der Waals surface area contributed by atoms with Gasteiger partial charge in [-0.3, -0.25) is 9.53 Å². The number of aromatic nitrogens is 1. The topological polar surface area (TPSA) is 90.0 Å². The average molecular weight is 527 g/mol. The van der Waals surface area contributed by atoms with Crippen molar-refractivity contribution in [3.05, 3.63) is 22.6 Å². The molecule has 2 aromatic rings. The van der Waals surface area contributed by atoms with Crippen molar-refractivity contribution in [1.29, 1.82) is 0 Å². The van der Waals surface area contributed by atoms with E-state index in [2.05, 4.69) is 15.0 Å². The van der Waals surface area contributed by atoms with E-state index < -0.39 is 49.4 Å². The average Bonchev–Trinajstić information content (AvgIpc) is 3.13. The summed E-state index contributed by atoms with van der Waals surface area (Å²) in [6, 6.07) is 0.810. The molecule has 2 aliphatic rings. The number of carbonyl (C=O) groups is 2. The Labute approximate surface area is 198 Å². The van der Waals surface area contributed by atoms with E-state index >= 15 is 0 Å². The molecule has 1 spiro atoms. The van der Waals surface area contributed by atoms with Crippen LogP contribution >= 0.6 is 11.3 Å². The van der Waals surface area contributed by atoms with Crippen molar-refractivity contribution in [1.82, 2.24) is 15.2 Å². The summed E-state index contributed by atoms with van der Waals surface area (Å²) in [6.07, 6.45) is -9.80. The van der Waals surface area contributed by atoms with Crippen LogP contribution in [0.2, 0.25) is 0 Å². The molecule has 2 amide bonds. The number of ether oxygens (including phenoxy) is 3. The molecule has 192 valence electrons. The third-order valence-electron chi connectivity index (χ3n) is 5.77. The zero-order chi connectivity index (χ0) is 25.6. The predicted molar refractivity (Wildman–Crippen MR) is 109 cm³/mol. The Kier molecular flexibility index (Phi) is 6.51. The van der Waals surface area contributed by atoms with Crippen molar-refractivity contribution in [3.8, 4) is 5.88 Å². The summed E-state index contributed by atoms with van der Waals surface area (Å²) in [4.78, 5) is 29.4. The zero-order valence-electron chi connectivity index (χ0n) is 18.1. The van der Waals surface area contributed by atoms with E-state index in [9.17, 15) is 35.9 Å². The molecule has 0 bridgehead atoms. The normalized spacial score (nSPS) is 17.7. The largest absolute Gasteiger partial charge is 0.522 e. The molecule has 1 saturated heterocycles. The number of hydrogen-bond donors (Lipinski definition) is 1. The first-order chi connectivity index (χ1) is 16.3. The third kappa shape index (κ3) is 5.39. The van der Waals surface area contributed by atoms with Crippen molar-refractivity contribution in [3.63, 3.8) is 0 Å². The number of rotatable bonds is 6. The molecule has 35 heavy (non-hydrogen) atoms. The minimum Gasteiger partial charge on any atom is -0.474 e. The van der Waals surface area contributed by atoms with E-state index in [-0.39, 0.29) is 40.2 Å². The van der Waals surface area contributed by atoms with Crippen molar-refractivity contribution >= 4 is 33.6 Å². The maximum absolute atomic E-state index is 13.6. The monoisotopic (exact) mass is 527 g/mol. The number of alkyl halides is 6. The number of carbonyl (C=O) groups excluding carboxylic acids is 2. The number of pyridine rings is 1. The van der Waals surface area contributed by atoms with Gasteiger partial charge in [0, 0.05) is 37.0 Å². The first-order valence-electron chi connectivity index (χ1n) is 10.3. The molecule has 1 saturated carbocycles. The van der Waals surface area contributed by atoms with E-state index in [1.54, 1.807) is 0 Å². The zero-order valence-corrected chi connectivity index (χ0v) is 18.9. The maximum Gasteiger partial charge on any atom is 0.522 e. The number of halogens is 6. The molecular weight excluding hydrogens is 508 g/mol. The number of likely N-dealkylation sites (tertiary alicyclic amines) is 1. The molecule has 8 nitrogen and oxygen atoms in total. The van der Waals surface area contributed by atoms with Crippen LogP contribution in [0.3, 0.4) is 0 Å². The van der Waals surface area contributed by atoms with E-state index in [4.69, 9.17) is 9.47 Å². The Hall–Kier alpha value is -2.81. The van der Waals surface area contributed by atoms with Crippen molar-refractivity contribution in [2.45, 2.75) is 31.5 Å². The quantitative estimate of drug-likeness (QED) is 0.448. The van der Waals surface area contributed by atoms with Crippen molar-refractivity contribution in [2.75, 3.05) is 33.4 Å².